The lowest BCUT2D eigenvalue weighted by Gasteiger charge is -2.34. The Hall–Kier alpha value is -2.34. The van der Waals surface area contributed by atoms with E-state index in [9.17, 15) is 8.78 Å². The van der Waals surface area contributed by atoms with Crippen molar-refractivity contribution in [1.82, 2.24) is 20.3 Å². The fourth-order valence-corrected chi connectivity index (χ4v) is 3.56. The van der Waals surface area contributed by atoms with Crippen molar-refractivity contribution >= 4 is 11.0 Å². The molecule has 3 unspecified atom stereocenters. The van der Waals surface area contributed by atoms with Gasteiger partial charge in [0.2, 0.25) is 0 Å². The van der Waals surface area contributed by atoms with E-state index in [4.69, 9.17) is 0 Å². The van der Waals surface area contributed by atoms with E-state index in [1.807, 2.05) is 12.3 Å². The van der Waals surface area contributed by atoms with E-state index in [1.54, 1.807) is 6.20 Å². The third kappa shape index (κ3) is 2.89. The number of hydrogen-bond acceptors (Lipinski definition) is 3. The van der Waals surface area contributed by atoms with Crippen molar-refractivity contribution in [3.63, 3.8) is 0 Å². The van der Waals surface area contributed by atoms with Gasteiger partial charge in [0.05, 0.1) is 17.2 Å². The van der Waals surface area contributed by atoms with Crippen LogP contribution in [0.15, 0.2) is 36.7 Å². The molecule has 1 saturated heterocycles. The summed E-state index contributed by atoms with van der Waals surface area (Å²) < 4.78 is 27.1. The molecule has 3 atom stereocenters. The van der Waals surface area contributed by atoms with Gasteiger partial charge in [-0.1, -0.05) is 0 Å². The minimum atomic E-state index is -0.549. The van der Waals surface area contributed by atoms with Crippen molar-refractivity contribution in [3.05, 3.63) is 59.7 Å². The lowest BCUT2D eigenvalue weighted by Crippen LogP contribution is -2.38. The zero-order valence-electron chi connectivity index (χ0n) is 13.3. The van der Waals surface area contributed by atoms with E-state index in [-0.39, 0.29) is 18.0 Å². The highest BCUT2D eigenvalue weighted by Gasteiger charge is 2.30. The number of halogens is 2. The van der Waals surface area contributed by atoms with Crippen molar-refractivity contribution in [2.75, 3.05) is 0 Å². The molecule has 4 rings (SSSR count). The van der Waals surface area contributed by atoms with Gasteiger partial charge in [0.25, 0.3) is 0 Å². The molecule has 2 aromatic heterocycles. The Morgan fingerprint density at radius 2 is 1.92 bits per heavy atom. The van der Waals surface area contributed by atoms with Crippen LogP contribution >= 0.6 is 0 Å². The van der Waals surface area contributed by atoms with Gasteiger partial charge < -0.3 is 10.3 Å². The summed E-state index contributed by atoms with van der Waals surface area (Å²) in [5.41, 5.74) is 2.43. The monoisotopic (exact) mass is 328 g/mol. The van der Waals surface area contributed by atoms with Gasteiger partial charge in [0.1, 0.15) is 17.5 Å². The van der Waals surface area contributed by atoms with Gasteiger partial charge in [0, 0.05) is 30.3 Å². The summed E-state index contributed by atoms with van der Waals surface area (Å²) >= 11 is 0. The molecule has 1 fully saturated rings. The first kappa shape index (κ1) is 15.2. The second-order valence-electron chi connectivity index (χ2n) is 6.50. The Kier molecular flexibility index (Phi) is 3.76. The van der Waals surface area contributed by atoms with Crippen LogP contribution in [0.3, 0.4) is 0 Å². The summed E-state index contributed by atoms with van der Waals surface area (Å²) in [4.78, 5) is 12.2. The van der Waals surface area contributed by atoms with Crippen LogP contribution in [0.1, 0.15) is 43.1 Å². The lowest BCUT2D eigenvalue weighted by atomic mass is 9.85. The SMILES string of the molecule is CC1CC(c2ncc3[nH]ccc3n2)CC(c2cc(F)cc(F)c2)N1. The van der Waals surface area contributed by atoms with Crippen LogP contribution in [0.25, 0.3) is 11.0 Å². The second kappa shape index (κ2) is 5.94. The maximum atomic E-state index is 13.5. The molecular formula is C18H18F2N4. The predicted octanol–water partition coefficient (Wildman–Crippen LogP) is 3.83. The quantitative estimate of drug-likeness (QED) is 0.752. The van der Waals surface area contributed by atoms with Crippen molar-refractivity contribution in [1.29, 1.82) is 0 Å². The molecule has 0 amide bonds. The van der Waals surface area contributed by atoms with Gasteiger partial charge in [0.15, 0.2) is 0 Å². The van der Waals surface area contributed by atoms with E-state index >= 15 is 0 Å². The molecular weight excluding hydrogens is 310 g/mol. The second-order valence-corrected chi connectivity index (χ2v) is 6.50. The van der Waals surface area contributed by atoms with Crippen molar-refractivity contribution in [2.24, 2.45) is 0 Å². The summed E-state index contributed by atoms with van der Waals surface area (Å²) in [6.07, 6.45) is 5.24. The molecule has 124 valence electrons. The van der Waals surface area contributed by atoms with E-state index < -0.39 is 11.6 Å². The van der Waals surface area contributed by atoms with Crippen LogP contribution in [0.5, 0.6) is 0 Å². The summed E-state index contributed by atoms with van der Waals surface area (Å²) in [6, 6.07) is 5.71. The highest BCUT2D eigenvalue weighted by Crippen LogP contribution is 2.35. The molecule has 0 bridgehead atoms. The molecule has 0 aliphatic carbocycles. The summed E-state index contributed by atoms with van der Waals surface area (Å²) in [6.45, 7) is 2.07. The summed E-state index contributed by atoms with van der Waals surface area (Å²) in [7, 11) is 0. The average Bonchev–Trinajstić information content (AvgIpc) is 3.01. The minimum Gasteiger partial charge on any atom is -0.359 e. The third-order valence-electron chi connectivity index (χ3n) is 4.61. The van der Waals surface area contributed by atoms with Gasteiger partial charge >= 0.3 is 0 Å². The van der Waals surface area contributed by atoms with Crippen LogP contribution in [0.2, 0.25) is 0 Å². The highest BCUT2D eigenvalue weighted by molar-refractivity contribution is 5.73. The molecule has 4 nitrogen and oxygen atoms in total. The van der Waals surface area contributed by atoms with E-state index in [2.05, 4.69) is 27.2 Å². The number of rotatable bonds is 2. The molecule has 3 aromatic rings. The first-order valence-electron chi connectivity index (χ1n) is 8.10. The molecule has 0 spiro atoms. The first-order chi connectivity index (χ1) is 11.6. The smallest absolute Gasteiger partial charge is 0.132 e. The number of piperidine rings is 1. The maximum Gasteiger partial charge on any atom is 0.132 e. The molecule has 0 saturated carbocycles. The fourth-order valence-electron chi connectivity index (χ4n) is 3.56. The first-order valence-corrected chi connectivity index (χ1v) is 8.10. The summed E-state index contributed by atoms with van der Waals surface area (Å²) in [5.74, 6) is -0.160. The number of nitrogens with one attached hydrogen (secondary N) is 2. The number of nitrogens with zero attached hydrogens (tertiary/aromatic N) is 2. The van der Waals surface area contributed by atoms with Gasteiger partial charge in [-0.3, -0.25) is 0 Å². The van der Waals surface area contributed by atoms with E-state index in [1.165, 1.54) is 12.1 Å². The normalized spacial score (nSPS) is 24.4. The zero-order chi connectivity index (χ0) is 16.7. The molecule has 6 heteroatoms. The maximum absolute atomic E-state index is 13.5. The molecule has 2 N–H and O–H groups in total. The predicted molar refractivity (Wildman–Crippen MR) is 87.6 cm³/mol. The topological polar surface area (TPSA) is 53.6 Å². The number of aromatic nitrogens is 3. The Morgan fingerprint density at radius 1 is 1.12 bits per heavy atom. The Balaban J connectivity index is 1.64. The third-order valence-corrected chi connectivity index (χ3v) is 4.61. The molecule has 1 aliphatic heterocycles. The van der Waals surface area contributed by atoms with Crippen LogP contribution < -0.4 is 5.32 Å². The van der Waals surface area contributed by atoms with Crippen molar-refractivity contribution < 1.29 is 8.78 Å². The van der Waals surface area contributed by atoms with E-state index in [0.29, 0.717) is 12.0 Å². The number of fused-ring (bicyclic) bond motifs is 1. The number of H-pyrrole nitrogens is 1. The van der Waals surface area contributed by atoms with Gasteiger partial charge in [-0.15, -0.1) is 0 Å². The Morgan fingerprint density at radius 3 is 2.71 bits per heavy atom. The van der Waals surface area contributed by atoms with Gasteiger partial charge in [-0.05, 0) is 43.5 Å². The minimum absolute atomic E-state index is 0.116. The lowest BCUT2D eigenvalue weighted by molar-refractivity contribution is 0.299. The number of hydrogen-bond donors (Lipinski definition) is 2. The number of aromatic amines is 1. The Labute approximate surface area is 138 Å². The number of benzene rings is 1. The molecule has 3 heterocycles. The van der Waals surface area contributed by atoms with Crippen LogP contribution in [-0.4, -0.2) is 21.0 Å². The van der Waals surface area contributed by atoms with Crippen molar-refractivity contribution in [3.8, 4) is 0 Å². The largest absolute Gasteiger partial charge is 0.359 e. The van der Waals surface area contributed by atoms with Gasteiger partial charge in [-0.25, -0.2) is 18.7 Å². The Bertz CT molecular complexity index is 856. The zero-order valence-corrected chi connectivity index (χ0v) is 13.3. The van der Waals surface area contributed by atoms with Crippen LogP contribution in [0, 0.1) is 11.6 Å². The fraction of sp³-hybridized carbons (Fsp3) is 0.333. The molecule has 1 aromatic carbocycles. The van der Waals surface area contributed by atoms with Crippen LogP contribution in [0.4, 0.5) is 8.78 Å². The standard InChI is InChI=1S/C18H18F2N4/c1-10-4-12(18-22-9-17-15(24-18)2-3-21-17)7-16(23-10)11-5-13(19)8-14(20)6-11/h2-3,5-6,8-10,12,16,21,23H,4,7H2,1H3. The molecule has 0 radical (unpaired) electrons. The average molecular weight is 328 g/mol. The van der Waals surface area contributed by atoms with E-state index in [0.717, 1.165) is 29.3 Å². The molecule has 1 aliphatic rings. The van der Waals surface area contributed by atoms with Crippen LogP contribution in [-0.2, 0) is 0 Å². The molecule has 24 heavy (non-hydrogen) atoms. The summed E-state index contributed by atoms with van der Waals surface area (Å²) in [5, 5.41) is 3.42. The highest BCUT2D eigenvalue weighted by atomic mass is 19.1. The van der Waals surface area contributed by atoms with Crippen molar-refractivity contribution in [2.45, 2.75) is 37.8 Å². The van der Waals surface area contributed by atoms with Gasteiger partial charge in [-0.2, -0.15) is 0 Å².